The molecular weight excluding hydrogens is 1220 g/mol. The highest BCUT2D eigenvalue weighted by molar-refractivity contribution is 6.00. The Labute approximate surface area is 516 Å². The van der Waals surface area contributed by atoms with Crippen LogP contribution in [0.15, 0.2) is 64.3 Å². The first kappa shape index (κ1) is 63.6. The fraction of sp³-hybridized carbons (Fsp3) is 0.367. The molecule has 0 aliphatic carbocycles. The SMILES string of the molecule is Cc1noc2c1CN1C[C@H](C2)n2cc(C(=O)NCc3c(F)cc(F)cc3F)c(=O)c(O)c2C1=O.Cc1noc2c1CNC[C@@H](N)C2.Cc1noc2c1C[C@H](N)CNC2.Cc1noc2c1C[C@H]1CN(C2)C(=O)c2c(O)c(=O)c(C(=O)NCc3c(F)cc(F)cc3F)cn21. The van der Waals surface area contributed by atoms with Crippen LogP contribution in [-0.2, 0) is 65.0 Å². The number of pyridine rings is 2. The molecule has 32 heteroatoms. The van der Waals surface area contributed by atoms with E-state index in [1.54, 1.807) is 13.8 Å². The van der Waals surface area contributed by atoms with Crippen molar-refractivity contribution in [3.05, 3.63) is 194 Å². The van der Waals surface area contributed by atoms with E-state index in [1.165, 1.54) is 30.1 Å². The van der Waals surface area contributed by atoms with Crippen molar-refractivity contribution < 1.29 is 73.8 Å². The number of nitrogens with zero attached hydrogens (tertiary/aromatic N) is 8. The molecule has 0 fully saturated rings. The number of carbonyl (C=O) groups is 4. The largest absolute Gasteiger partial charge is 0.503 e. The van der Waals surface area contributed by atoms with Crippen molar-refractivity contribution in [2.24, 2.45) is 11.5 Å². The summed E-state index contributed by atoms with van der Waals surface area (Å²) in [5.41, 5.74) is 13.8. The van der Waals surface area contributed by atoms with E-state index in [0.717, 1.165) is 85.4 Å². The molecule has 0 saturated heterocycles. The van der Waals surface area contributed by atoms with Crippen LogP contribution in [0.25, 0.3) is 0 Å². The van der Waals surface area contributed by atoms with Crippen LogP contribution in [0, 0.1) is 62.6 Å². The smallest absolute Gasteiger partial charge is 0.274 e. The highest BCUT2D eigenvalue weighted by Crippen LogP contribution is 2.37. The van der Waals surface area contributed by atoms with Gasteiger partial charge in [-0.25, -0.2) is 26.3 Å². The lowest BCUT2D eigenvalue weighted by Gasteiger charge is -2.34. The Morgan fingerprint density at radius 1 is 0.543 bits per heavy atom. The number of nitrogens with two attached hydrogens (primary N) is 2. The number of nitrogens with one attached hydrogen (secondary N) is 4. The Kier molecular flexibility index (Phi) is 17.8. The highest BCUT2D eigenvalue weighted by atomic mass is 19.2. The molecular formula is C60H60F6N14O12. The van der Waals surface area contributed by atoms with E-state index in [4.69, 9.17) is 29.6 Å². The van der Waals surface area contributed by atoms with Crippen molar-refractivity contribution in [2.75, 3.05) is 26.2 Å². The van der Waals surface area contributed by atoms with Crippen LogP contribution in [0.5, 0.6) is 11.5 Å². The van der Waals surface area contributed by atoms with Gasteiger partial charge in [0.15, 0.2) is 34.4 Å². The van der Waals surface area contributed by atoms with E-state index in [1.807, 2.05) is 13.8 Å². The Morgan fingerprint density at radius 3 is 1.46 bits per heavy atom. The number of benzene rings is 2. The molecule has 0 unspecified atom stereocenters. The quantitative estimate of drug-likeness (QED) is 0.110. The van der Waals surface area contributed by atoms with Gasteiger partial charge in [-0.05, 0) is 34.1 Å². The van der Waals surface area contributed by atoms with Crippen LogP contribution in [0.2, 0.25) is 0 Å². The normalized spacial score (nSPS) is 18.4. The first-order valence-electron chi connectivity index (χ1n) is 28.9. The summed E-state index contributed by atoms with van der Waals surface area (Å²) in [6.45, 7) is 10.2. The summed E-state index contributed by atoms with van der Waals surface area (Å²) in [7, 11) is 0. The molecule has 6 aromatic heterocycles. The first-order valence-corrected chi connectivity index (χ1v) is 28.9. The van der Waals surface area contributed by atoms with Gasteiger partial charge in [0.1, 0.15) is 57.6 Å². The Morgan fingerprint density at radius 2 is 0.946 bits per heavy atom. The molecule has 8 aromatic rings. The summed E-state index contributed by atoms with van der Waals surface area (Å²) in [6, 6.07) is 1.30. The lowest BCUT2D eigenvalue weighted by Crippen LogP contribution is -2.44. The third-order valence-electron chi connectivity index (χ3n) is 16.7. The maximum Gasteiger partial charge on any atom is 0.274 e. The molecule has 4 bridgehead atoms. The van der Waals surface area contributed by atoms with Crippen LogP contribution in [0.1, 0.15) is 133 Å². The molecule has 10 N–H and O–H groups in total. The van der Waals surface area contributed by atoms with Gasteiger partial charge in [-0.3, -0.25) is 28.8 Å². The zero-order valence-corrected chi connectivity index (χ0v) is 49.7. The summed E-state index contributed by atoms with van der Waals surface area (Å²) in [4.78, 5) is 79.8. The fourth-order valence-corrected chi connectivity index (χ4v) is 11.8. The van der Waals surface area contributed by atoms with Crippen molar-refractivity contribution >= 4 is 23.6 Å². The van der Waals surface area contributed by atoms with Gasteiger partial charge in [0.25, 0.3) is 23.6 Å². The molecule has 0 radical (unpaired) electrons. The summed E-state index contributed by atoms with van der Waals surface area (Å²) < 4.78 is 105. The third-order valence-corrected chi connectivity index (χ3v) is 16.7. The molecule has 0 saturated carbocycles. The predicted molar refractivity (Wildman–Crippen MR) is 306 cm³/mol. The van der Waals surface area contributed by atoms with Crippen molar-refractivity contribution in [3.63, 3.8) is 0 Å². The summed E-state index contributed by atoms with van der Waals surface area (Å²) >= 11 is 0. The summed E-state index contributed by atoms with van der Waals surface area (Å²) in [5, 5.41) is 47.6. The molecule has 4 atom stereocenters. The van der Waals surface area contributed by atoms with Crippen LogP contribution < -0.4 is 43.6 Å². The lowest BCUT2D eigenvalue weighted by atomic mass is 10.0. The molecule has 484 valence electrons. The van der Waals surface area contributed by atoms with Crippen molar-refractivity contribution in [1.29, 1.82) is 0 Å². The number of hydrogen-bond acceptors (Lipinski definition) is 20. The maximum atomic E-state index is 13.9. The third kappa shape index (κ3) is 12.5. The van der Waals surface area contributed by atoms with Crippen molar-refractivity contribution in [3.8, 4) is 11.5 Å². The van der Waals surface area contributed by atoms with Crippen LogP contribution in [-0.4, -0.2) is 112 Å². The second-order valence-corrected chi connectivity index (χ2v) is 23.0. The van der Waals surface area contributed by atoms with Gasteiger partial charge in [-0.2, -0.15) is 0 Å². The summed E-state index contributed by atoms with van der Waals surface area (Å²) in [5.74, 6) is -9.16. The Bertz CT molecular complexity index is 4340. The molecule has 12 heterocycles. The van der Waals surface area contributed by atoms with E-state index in [2.05, 4.69) is 41.9 Å². The molecule has 26 nitrogen and oxygen atoms in total. The summed E-state index contributed by atoms with van der Waals surface area (Å²) in [6.07, 6.45) is 4.62. The minimum Gasteiger partial charge on any atom is -0.503 e. The topological polar surface area (TPSA) is 363 Å². The van der Waals surface area contributed by atoms with Gasteiger partial charge in [-0.1, -0.05) is 20.6 Å². The van der Waals surface area contributed by atoms with E-state index in [9.17, 15) is 65.3 Å². The standard InChI is InChI=1S/2C22H17F3N4O5.2C8H13N3O/c1-9-13-7-28-6-11(4-17(13)34-27-9)29-8-14(19(30)20(31)18(29)22(28)33)21(32)26-5-12-15(24)2-10(23)3-16(12)25;1-9-12-4-11-6-28(8-17(12)34-27-9)22(33)18-20(31)19(30)14(7-29(11)18)21(32)26-5-13-15(24)2-10(23)3-16(13)25;1-5-7-4-10-3-6(9)2-8(7)12-11-5;1-5-7-2-6(9)3-10-4-8(7)12-11-5/h2-3,8,11,31H,4-7H2,1H3,(H,26,32);2-3,7,11,31H,4-6,8H2,1H3,(H,26,32);2*6,10H,2-4,9H2,1H3/t2*11-;2*6-/m0000/s1. The first-order chi connectivity index (χ1) is 43.8. The van der Waals surface area contributed by atoms with Crippen molar-refractivity contribution in [1.82, 2.24) is 60.8 Å². The maximum absolute atomic E-state index is 13.9. The number of hydrogen-bond donors (Lipinski definition) is 8. The molecule has 92 heavy (non-hydrogen) atoms. The van der Waals surface area contributed by atoms with E-state index in [-0.39, 0.29) is 49.7 Å². The van der Waals surface area contributed by atoms with E-state index < -0.39 is 128 Å². The number of rotatable bonds is 6. The van der Waals surface area contributed by atoms with Gasteiger partial charge in [-0.15, -0.1) is 0 Å². The van der Waals surface area contributed by atoms with E-state index in [0.29, 0.717) is 60.0 Å². The average Bonchev–Trinajstić information content (AvgIpc) is 1.47. The number of amides is 4. The Balaban J connectivity index is 0.000000139. The second-order valence-electron chi connectivity index (χ2n) is 23.0. The Hall–Kier alpha value is -9.92. The number of aromatic nitrogens is 6. The number of fused-ring (bicyclic) bond motifs is 12. The zero-order valence-electron chi connectivity index (χ0n) is 49.7. The average molecular weight is 1280 g/mol. The van der Waals surface area contributed by atoms with E-state index >= 15 is 0 Å². The zero-order chi connectivity index (χ0) is 65.7. The monoisotopic (exact) mass is 1280 g/mol. The van der Waals surface area contributed by atoms with Gasteiger partial charge in [0.2, 0.25) is 10.9 Å². The fourth-order valence-electron chi connectivity index (χ4n) is 11.8. The number of carbonyl (C=O) groups excluding carboxylic acids is 4. The van der Waals surface area contributed by atoms with Crippen LogP contribution in [0.4, 0.5) is 26.3 Å². The van der Waals surface area contributed by atoms with Crippen LogP contribution >= 0.6 is 0 Å². The second kappa shape index (κ2) is 25.8. The minimum atomic E-state index is -1.20. The van der Waals surface area contributed by atoms with Gasteiger partial charge in [0.05, 0.1) is 54.5 Å². The van der Waals surface area contributed by atoms with Gasteiger partial charge >= 0.3 is 0 Å². The molecule has 6 aliphatic rings. The molecule has 0 spiro atoms. The van der Waals surface area contributed by atoms with Crippen molar-refractivity contribution in [2.45, 2.75) is 117 Å². The number of halogens is 6. The van der Waals surface area contributed by atoms with Gasteiger partial charge in [0, 0.05) is 147 Å². The molecule has 4 amide bonds. The van der Waals surface area contributed by atoms with Gasteiger partial charge < -0.3 is 80.0 Å². The predicted octanol–water partition coefficient (Wildman–Crippen LogP) is 3.81. The van der Waals surface area contributed by atoms with Crippen LogP contribution in [0.3, 0.4) is 0 Å². The lowest BCUT2D eigenvalue weighted by molar-refractivity contribution is 0.0635. The molecule has 14 rings (SSSR count). The minimum absolute atomic E-state index is 0.121. The molecule has 2 aromatic carbocycles. The molecule has 6 aliphatic heterocycles. The number of aromatic hydroxyl groups is 2. The number of aryl methyl sites for hydroxylation is 4. The highest BCUT2D eigenvalue weighted by Gasteiger charge is 2.42.